The number of anilines is 1. The second-order valence-corrected chi connectivity index (χ2v) is 4.52. The maximum atomic E-state index is 9.78. The van der Waals surface area contributed by atoms with Crippen LogP contribution in [-0.2, 0) is 11.3 Å². The molecular weight excluding hydrogens is 216 g/mol. The van der Waals surface area contributed by atoms with Crippen molar-refractivity contribution in [2.75, 3.05) is 25.4 Å². The van der Waals surface area contributed by atoms with E-state index in [-0.39, 0.29) is 0 Å². The Kier molecular flexibility index (Phi) is 3.86. The average Bonchev–Trinajstić information content (AvgIpc) is 2.34. The Balaban J connectivity index is 2.02. The molecule has 1 fully saturated rings. The number of nitrogen functional groups attached to an aromatic ring is 1. The summed E-state index contributed by atoms with van der Waals surface area (Å²) in [4.78, 5) is 2.30. The quantitative estimate of drug-likeness (QED) is 0.618. The van der Waals surface area contributed by atoms with E-state index in [1.54, 1.807) is 12.1 Å². The number of aromatic hydroxyl groups is 1. The molecule has 2 rings (SSSR count). The predicted octanol–water partition coefficient (Wildman–Crippen LogP) is 1.59. The highest BCUT2D eigenvalue weighted by atomic mass is 16.5. The molecule has 1 aromatic carbocycles. The first-order valence-electron chi connectivity index (χ1n) is 6.10. The fourth-order valence-electron chi connectivity index (χ4n) is 2.14. The van der Waals surface area contributed by atoms with Gasteiger partial charge in [-0.25, -0.2) is 0 Å². The van der Waals surface area contributed by atoms with E-state index in [9.17, 15) is 5.11 Å². The highest BCUT2D eigenvalue weighted by Gasteiger charge is 2.19. The largest absolute Gasteiger partial charge is 0.508 e. The van der Waals surface area contributed by atoms with Crippen LogP contribution in [0.4, 0.5) is 5.69 Å². The van der Waals surface area contributed by atoms with Crippen LogP contribution < -0.4 is 5.73 Å². The molecule has 0 spiro atoms. The van der Waals surface area contributed by atoms with Crippen LogP contribution in [0.2, 0.25) is 0 Å². The number of ether oxygens (including phenoxy) is 1. The molecular formula is C13H20N2O2. The molecule has 1 aromatic rings. The van der Waals surface area contributed by atoms with E-state index in [4.69, 9.17) is 10.5 Å². The smallest absolute Gasteiger partial charge is 0.120 e. The van der Waals surface area contributed by atoms with Crippen molar-refractivity contribution >= 4 is 5.69 Å². The molecule has 0 saturated carbocycles. The van der Waals surface area contributed by atoms with E-state index in [1.807, 2.05) is 6.07 Å². The molecule has 0 aromatic heterocycles. The van der Waals surface area contributed by atoms with Gasteiger partial charge in [0, 0.05) is 30.9 Å². The summed E-state index contributed by atoms with van der Waals surface area (Å²) in [7, 11) is 0. The zero-order chi connectivity index (χ0) is 12.3. The van der Waals surface area contributed by atoms with Gasteiger partial charge in [0.25, 0.3) is 0 Å². The van der Waals surface area contributed by atoms with Gasteiger partial charge in [-0.1, -0.05) is 6.92 Å². The van der Waals surface area contributed by atoms with Crippen molar-refractivity contribution < 1.29 is 9.84 Å². The minimum atomic E-state index is 0.312. The van der Waals surface area contributed by atoms with Crippen molar-refractivity contribution in [3.05, 3.63) is 23.8 Å². The SMILES string of the molecule is CCC1CN(Cc2cc(N)ccc2O)CCO1. The van der Waals surface area contributed by atoms with Crippen LogP contribution in [0.25, 0.3) is 0 Å². The fraction of sp³-hybridized carbons (Fsp3) is 0.538. The third kappa shape index (κ3) is 3.11. The van der Waals surface area contributed by atoms with E-state index in [1.165, 1.54) is 0 Å². The summed E-state index contributed by atoms with van der Waals surface area (Å²) in [5.41, 5.74) is 7.31. The number of hydrogen-bond donors (Lipinski definition) is 2. The lowest BCUT2D eigenvalue weighted by molar-refractivity contribution is -0.0326. The summed E-state index contributed by atoms with van der Waals surface area (Å²) in [6.07, 6.45) is 1.34. The third-order valence-electron chi connectivity index (χ3n) is 3.18. The third-order valence-corrected chi connectivity index (χ3v) is 3.18. The van der Waals surface area contributed by atoms with Gasteiger partial charge in [0.1, 0.15) is 5.75 Å². The zero-order valence-corrected chi connectivity index (χ0v) is 10.2. The molecule has 3 N–H and O–H groups in total. The first kappa shape index (κ1) is 12.2. The number of phenols is 1. The molecule has 1 aliphatic heterocycles. The molecule has 94 valence electrons. The van der Waals surface area contributed by atoms with Crippen LogP contribution >= 0.6 is 0 Å². The van der Waals surface area contributed by atoms with Gasteiger partial charge in [0.05, 0.1) is 12.7 Å². The Labute approximate surface area is 102 Å². The van der Waals surface area contributed by atoms with Gasteiger partial charge in [0.15, 0.2) is 0 Å². The monoisotopic (exact) mass is 236 g/mol. The first-order chi connectivity index (χ1) is 8.19. The number of rotatable bonds is 3. The molecule has 17 heavy (non-hydrogen) atoms. The number of morpholine rings is 1. The second kappa shape index (κ2) is 5.38. The number of phenolic OH excluding ortho intramolecular Hbond substituents is 1. The Morgan fingerprint density at radius 1 is 1.53 bits per heavy atom. The summed E-state index contributed by atoms with van der Waals surface area (Å²) in [5.74, 6) is 0.318. The number of hydrogen-bond acceptors (Lipinski definition) is 4. The van der Waals surface area contributed by atoms with Crippen LogP contribution in [0.5, 0.6) is 5.75 Å². The van der Waals surface area contributed by atoms with E-state index in [0.29, 0.717) is 17.5 Å². The minimum Gasteiger partial charge on any atom is -0.508 e. The van der Waals surface area contributed by atoms with Gasteiger partial charge in [-0.2, -0.15) is 0 Å². The van der Waals surface area contributed by atoms with Crippen molar-refractivity contribution in [1.82, 2.24) is 4.90 Å². The molecule has 0 amide bonds. The molecule has 1 aliphatic rings. The predicted molar refractivity (Wildman–Crippen MR) is 67.8 cm³/mol. The molecule has 0 radical (unpaired) electrons. The van der Waals surface area contributed by atoms with E-state index in [2.05, 4.69) is 11.8 Å². The molecule has 1 unspecified atom stereocenters. The normalized spacial score (nSPS) is 21.6. The average molecular weight is 236 g/mol. The molecule has 0 aliphatic carbocycles. The number of nitrogens with two attached hydrogens (primary N) is 1. The molecule has 1 saturated heterocycles. The highest BCUT2D eigenvalue weighted by molar-refractivity contribution is 5.47. The highest BCUT2D eigenvalue weighted by Crippen LogP contribution is 2.22. The first-order valence-corrected chi connectivity index (χ1v) is 6.10. The molecule has 1 heterocycles. The van der Waals surface area contributed by atoms with Crippen LogP contribution in [0, 0.1) is 0 Å². The summed E-state index contributed by atoms with van der Waals surface area (Å²) in [5, 5.41) is 9.78. The molecule has 1 atom stereocenters. The van der Waals surface area contributed by atoms with Crippen molar-refractivity contribution in [2.24, 2.45) is 0 Å². The number of benzene rings is 1. The maximum Gasteiger partial charge on any atom is 0.120 e. The lowest BCUT2D eigenvalue weighted by atomic mass is 10.1. The van der Waals surface area contributed by atoms with Gasteiger partial charge >= 0.3 is 0 Å². The van der Waals surface area contributed by atoms with Crippen molar-refractivity contribution in [3.8, 4) is 5.75 Å². The van der Waals surface area contributed by atoms with Crippen molar-refractivity contribution in [3.63, 3.8) is 0 Å². The van der Waals surface area contributed by atoms with E-state index >= 15 is 0 Å². The summed E-state index contributed by atoms with van der Waals surface area (Å²) < 4.78 is 5.62. The van der Waals surface area contributed by atoms with Crippen LogP contribution in [-0.4, -0.2) is 35.8 Å². The lowest BCUT2D eigenvalue weighted by Crippen LogP contribution is -2.41. The van der Waals surface area contributed by atoms with Crippen molar-refractivity contribution in [1.29, 1.82) is 0 Å². The Hall–Kier alpha value is -1.26. The maximum absolute atomic E-state index is 9.78. The molecule has 4 nitrogen and oxygen atoms in total. The van der Waals surface area contributed by atoms with Gasteiger partial charge < -0.3 is 15.6 Å². The van der Waals surface area contributed by atoms with Crippen LogP contribution in [0.15, 0.2) is 18.2 Å². The van der Waals surface area contributed by atoms with Crippen molar-refractivity contribution in [2.45, 2.75) is 26.0 Å². The summed E-state index contributed by atoms with van der Waals surface area (Å²) >= 11 is 0. The van der Waals surface area contributed by atoms with Gasteiger partial charge in [-0.15, -0.1) is 0 Å². The standard InChI is InChI=1S/C13H20N2O2/c1-2-12-9-15(5-6-17-12)8-10-7-11(14)3-4-13(10)16/h3-4,7,12,16H,2,5-6,8-9,14H2,1H3. The lowest BCUT2D eigenvalue weighted by Gasteiger charge is -2.32. The Bertz CT molecular complexity index is 382. The molecule has 0 bridgehead atoms. The van der Waals surface area contributed by atoms with E-state index < -0.39 is 0 Å². The minimum absolute atomic E-state index is 0.312. The summed E-state index contributed by atoms with van der Waals surface area (Å²) in [6.45, 7) is 5.46. The zero-order valence-electron chi connectivity index (χ0n) is 10.2. The Morgan fingerprint density at radius 2 is 2.35 bits per heavy atom. The Morgan fingerprint density at radius 3 is 3.12 bits per heavy atom. The number of nitrogens with zero attached hydrogens (tertiary/aromatic N) is 1. The van der Waals surface area contributed by atoms with Gasteiger partial charge in [0.2, 0.25) is 0 Å². The van der Waals surface area contributed by atoms with Gasteiger partial charge in [-0.05, 0) is 24.6 Å². The summed E-state index contributed by atoms with van der Waals surface area (Å²) in [6, 6.07) is 5.21. The van der Waals surface area contributed by atoms with Crippen LogP contribution in [0.1, 0.15) is 18.9 Å². The van der Waals surface area contributed by atoms with Gasteiger partial charge in [-0.3, -0.25) is 4.90 Å². The molecule has 4 heteroatoms. The second-order valence-electron chi connectivity index (χ2n) is 4.52. The van der Waals surface area contributed by atoms with E-state index in [0.717, 1.165) is 38.2 Å². The topological polar surface area (TPSA) is 58.7 Å². The van der Waals surface area contributed by atoms with Crippen LogP contribution in [0.3, 0.4) is 0 Å². The fourth-order valence-corrected chi connectivity index (χ4v) is 2.14.